The van der Waals surface area contributed by atoms with Crippen LogP contribution in [0.25, 0.3) is 0 Å². The zero-order chi connectivity index (χ0) is 17.7. The van der Waals surface area contributed by atoms with Crippen LogP contribution in [0.15, 0.2) is 24.5 Å². The summed E-state index contributed by atoms with van der Waals surface area (Å²) in [5, 5.41) is 0. The van der Waals surface area contributed by atoms with Gasteiger partial charge in [0.2, 0.25) is 15.9 Å². The smallest absolute Gasteiger partial charge is 0.223 e. The molecule has 0 saturated carbocycles. The first kappa shape index (κ1) is 19.6. The van der Waals surface area contributed by atoms with E-state index in [2.05, 4.69) is 4.98 Å². The highest BCUT2D eigenvalue weighted by Crippen LogP contribution is 2.17. The van der Waals surface area contributed by atoms with Gasteiger partial charge in [-0.25, -0.2) is 8.42 Å². The van der Waals surface area contributed by atoms with Gasteiger partial charge in [0.1, 0.15) is 0 Å². The molecule has 1 aromatic rings. The Bertz CT molecular complexity index is 609. The average molecular weight is 341 g/mol. The number of carbonyl (C=O) groups is 1. The molecule has 1 heterocycles. The van der Waals surface area contributed by atoms with Gasteiger partial charge in [-0.3, -0.25) is 9.78 Å². The number of amides is 1. The lowest BCUT2D eigenvalue weighted by Crippen LogP contribution is -2.46. The summed E-state index contributed by atoms with van der Waals surface area (Å²) in [7, 11) is -1.60. The van der Waals surface area contributed by atoms with Crippen LogP contribution in [0.1, 0.15) is 32.8 Å². The van der Waals surface area contributed by atoms with Crippen molar-refractivity contribution in [2.75, 3.05) is 26.4 Å². The summed E-state index contributed by atoms with van der Waals surface area (Å²) >= 11 is 0. The summed E-state index contributed by atoms with van der Waals surface area (Å²) in [6.45, 7) is 6.26. The Morgan fingerprint density at radius 3 is 2.22 bits per heavy atom. The Hall–Kier alpha value is -1.47. The molecule has 0 spiro atoms. The minimum absolute atomic E-state index is 0.0584. The normalized spacial score (nSPS) is 12.4. The maximum atomic E-state index is 12.2. The lowest BCUT2D eigenvalue weighted by atomic mass is 10.1. The number of carbonyl (C=O) groups excluding carboxylic acids is 1. The van der Waals surface area contributed by atoms with Gasteiger partial charge in [0.25, 0.3) is 0 Å². The molecule has 6 nitrogen and oxygen atoms in total. The molecule has 0 fully saturated rings. The van der Waals surface area contributed by atoms with Gasteiger partial charge in [0.05, 0.1) is 6.26 Å². The van der Waals surface area contributed by atoms with E-state index in [-0.39, 0.29) is 18.9 Å². The van der Waals surface area contributed by atoms with Crippen molar-refractivity contribution in [2.45, 2.75) is 39.2 Å². The molecule has 23 heavy (non-hydrogen) atoms. The molecule has 0 N–H and O–H groups in total. The minimum atomic E-state index is -3.34. The summed E-state index contributed by atoms with van der Waals surface area (Å²) in [5.41, 5.74) is 0.579. The van der Waals surface area contributed by atoms with E-state index in [1.807, 2.05) is 32.9 Å². The van der Waals surface area contributed by atoms with Crippen molar-refractivity contribution in [1.29, 1.82) is 0 Å². The van der Waals surface area contributed by atoms with E-state index in [9.17, 15) is 13.2 Å². The molecule has 0 radical (unpaired) electrons. The highest BCUT2D eigenvalue weighted by Gasteiger charge is 2.29. The molecule has 0 unspecified atom stereocenters. The van der Waals surface area contributed by atoms with Gasteiger partial charge >= 0.3 is 0 Å². The Morgan fingerprint density at radius 2 is 1.74 bits per heavy atom. The van der Waals surface area contributed by atoms with Crippen molar-refractivity contribution in [3.63, 3.8) is 0 Å². The first-order chi connectivity index (χ1) is 10.5. The van der Waals surface area contributed by atoms with Gasteiger partial charge in [0, 0.05) is 44.5 Å². The van der Waals surface area contributed by atoms with E-state index in [1.165, 1.54) is 10.6 Å². The van der Waals surface area contributed by atoms with Gasteiger partial charge in [-0.05, 0) is 44.9 Å². The number of hydrogen-bond acceptors (Lipinski definition) is 4. The van der Waals surface area contributed by atoms with Crippen molar-refractivity contribution in [3.8, 4) is 0 Å². The topological polar surface area (TPSA) is 70.6 Å². The molecule has 130 valence electrons. The van der Waals surface area contributed by atoms with Crippen LogP contribution >= 0.6 is 0 Å². The molecule has 0 aliphatic heterocycles. The summed E-state index contributed by atoms with van der Waals surface area (Å²) < 4.78 is 25.1. The Labute approximate surface area is 139 Å². The fourth-order valence-electron chi connectivity index (χ4n) is 2.36. The molecule has 0 aliphatic carbocycles. The van der Waals surface area contributed by atoms with E-state index in [0.29, 0.717) is 6.54 Å². The maximum absolute atomic E-state index is 12.2. The van der Waals surface area contributed by atoms with E-state index < -0.39 is 15.6 Å². The zero-order valence-corrected chi connectivity index (χ0v) is 15.4. The highest BCUT2D eigenvalue weighted by atomic mass is 32.2. The number of sulfonamides is 1. The Morgan fingerprint density at radius 1 is 1.17 bits per heavy atom. The van der Waals surface area contributed by atoms with Crippen LogP contribution in [0.4, 0.5) is 0 Å². The lowest BCUT2D eigenvalue weighted by Gasteiger charge is -2.33. The molecular weight excluding hydrogens is 314 g/mol. The predicted molar refractivity (Wildman–Crippen MR) is 91.5 cm³/mol. The van der Waals surface area contributed by atoms with Crippen molar-refractivity contribution in [2.24, 2.45) is 0 Å². The molecule has 1 rings (SSSR count). The van der Waals surface area contributed by atoms with Gasteiger partial charge < -0.3 is 4.90 Å². The Balaban J connectivity index is 2.54. The van der Waals surface area contributed by atoms with E-state index in [1.54, 1.807) is 24.3 Å². The van der Waals surface area contributed by atoms with Gasteiger partial charge in [-0.15, -0.1) is 0 Å². The van der Waals surface area contributed by atoms with Gasteiger partial charge in [-0.2, -0.15) is 4.31 Å². The maximum Gasteiger partial charge on any atom is 0.223 e. The van der Waals surface area contributed by atoms with Crippen LogP contribution in [0, 0.1) is 0 Å². The number of pyridine rings is 1. The van der Waals surface area contributed by atoms with Crippen LogP contribution < -0.4 is 0 Å². The van der Waals surface area contributed by atoms with E-state index in [4.69, 9.17) is 0 Å². The Kier molecular flexibility index (Phi) is 6.70. The molecular formula is C16H27N3O3S. The van der Waals surface area contributed by atoms with Crippen LogP contribution in [0.5, 0.6) is 0 Å². The van der Waals surface area contributed by atoms with E-state index >= 15 is 0 Å². The van der Waals surface area contributed by atoms with Gasteiger partial charge in [-0.1, -0.05) is 0 Å². The largest absolute Gasteiger partial charge is 0.345 e. The summed E-state index contributed by atoms with van der Waals surface area (Å²) in [6, 6.07) is 3.84. The van der Waals surface area contributed by atoms with Crippen molar-refractivity contribution in [3.05, 3.63) is 30.1 Å². The summed E-state index contributed by atoms with van der Waals surface area (Å²) in [5.74, 6) is -0.0584. The lowest BCUT2D eigenvalue weighted by molar-refractivity contribution is -0.130. The number of likely N-dealkylation sites (N-methyl/N-ethyl adjacent to an activating group) is 1. The molecule has 1 aromatic heterocycles. The van der Waals surface area contributed by atoms with Crippen LogP contribution in [-0.4, -0.2) is 60.4 Å². The molecule has 0 atom stereocenters. The van der Waals surface area contributed by atoms with Gasteiger partial charge in [0.15, 0.2) is 0 Å². The average Bonchev–Trinajstić information content (AvgIpc) is 2.43. The number of hydrogen-bond donors (Lipinski definition) is 0. The van der Waals surface area contributed by atoms with Crippen LogP contribution in [0.2, 0.25) is 0 Å². The molecule has 1 amide bonds. The second-order valence-electron chi connectivity index (χ2n) is 6.68. The SMILES string of the molecule is CN(CCc1ccncc1)C(=O)CCN(C(C)(C)C)S(C)(=O)=O. The molecule has 7 heteroatoms. The number of aromatic nitrogens is 1. The third-order valence-corrected chi connectivity index (χ3v) is 5.12. The van der Waals surface area contributed by atoms with Crippen LogP contribution in [-0.2, 0) is 21.2 Å². The zero-order valence-electron chi connectivity index (χ0n) is 14.6. The second-order valence-corrected chi connectivity index (χ2v) is 8.58. The molecule has 0 bridgehead atoms. The molecule has 0 aliphatic rings. The minimum Gasteiger partial charge on any atom is -0.345 e. The first-order valence-electron chi connectivity index (χ1n) is 7.62. The summed E-state index contributed by atoms with van der Waals surface area (Å²) in [4.78, 5) is 17.8. The van der Waals surface area contributed by atoms with E-state index in [0.717, 1.165) is 12.0 Å². The third kappa shape index (κ3) is 6.66. The van der Waals surface area contributed by atoms with Crippen molar-refractivity contribution >= 4 is 15.9 Å². The van der Waals surface area contributed by atoms with Crippen LogP contribution in [0.3, 0.4) is 0 Å². The number of nitrogens with zero attached hydrogens (tertiary/aromatic N) is 3. The molecule has 0 saturated heterocycles. The molecule has 0 aromatic carbocycles. The predicted octanol–water partition coefficient (Wildman–Crippen LogP) is 1.53. The fraction of sp³-hybridized carbons (Fsp3) is 0.625. The quantitative estimate of drug-likeness (QED) is 0.754. The first-order valence-corrected chi connectivity index (χ1v) is 9.47. The third-order valence-electron chi connectivity index (χ3n) is 3.59. The fourth-order valence-corrected chi connectivity index (χ4v) is 3.78. The standard InChI is InChI=1S/C16H27N3O3S/c1-16(2,3)19(23(5,21)22)13-9-15(20)18(4)12-8-14-6-10-17-11-7-14/h6-7,10-11H,8-9,12-13H2,1-5H3. The van der Waals surface area contributed by atoms with Crippen molar-refractivity contribution < 1.29 is 13.2 Å². The van der Waals surface area contributed by atoms with Crippen molar-refractivity contribution in [1.82, 2.24) is 14.2 Å². The summed E-state index contributed by atoms with van der Waals surface area (Å²) in [6.07, 6.45) is 5.56. The second kappa shape index (κ2) is 7.88. The highest BCUT2D eigenvalue weighted by molar-refractivity contribution is 7.88. The monoisotopic (exact) mass is 341 g/mol. The number of rotatable bonds is 7.